The molecule has 0 aliphatic carbocycles. The summed E-state index contributed by atoms with van der Waals surface area (Å²) in [5.74, 6) is 1.38. The molecule has 6 heteroatoms. The third kappa shape index (κ3) is 4.43. The van der Waals surface area contributed by atoms with E-state index in [9.17, 15) is 4.79 Å². The maximum absolute atomic E-state index is 12.0. The molecule has 0 fully saturated rings. The van der Waals surface area contributed by atoms with Gasteiger partial charge in [-0.1, -0.05) is 23.7 Å². The van der Waals surface area contributed by atoms with Gasteiger partial charge in [0.1, 0.15) is 11.6 Å². The fourth-order valence-corrected chi connectivity index (χ4v) is 2.65. The summed E-state index contributed by atoms with van der Waals surface area (Å²) in [5.41, 5.74) is 2.97. The van der Waals surface area contributed by atoms with E-state index in [4.69, 9.17) is 16.3 Å². The van der Waals surface area contributed by atoms with Crippen molar-refractivity contribution in [2.75, 3.05) is 6.61 Å². The highest BCUT2D eigenvalue weighted by Crippen LogP contribution is 2.20. The lowest BCUT2D eigenvalue weighted by molar-refractivity contribution is -0.123. The normalized spacial score (nSPS) is 10.6. The molecule has 5 nitrogen and oxygen atoms in total. The van der Waals surface area contributed by atoms with Crippen LogP contribution in [0.3, 0.4) is 0 Å². The van der Waals surface area contributed by atoms with Gasteiger partial charge in [-0.15, -0.1) is 0 Å². The van der Waals surface area contributed by atoms with Crippen LogP contribution in [0.4, 0.5) is 0 Å². The fraction of sp³-hybridized carbons (Fsp3) is 0.200. The van der Waals surface area contributed by atoms with E-state index >= 15 is 0 Å². The van der Waals surface area contributed by atoms with Crippen LogP contribution in [-0.2, 0) is 11.3 Å². The molecule has 0 bridgehead atoms. The molecule has 0 saturated heterocycles. The first kappa shape index (κ1) is 18.0. The van der Waals surface area contributed by atoms with Gasteiger partial charge in [-0.05, 0) is 55.3 Å². The Morgan fingerprint density at radius 3 is 2.62 bits per heavy atom. The minimum absolute atomic E-state index is 0.0343. The number of carbonyl (C=O) groups is 1. The number of imidazole rings is 1. The first-order valence-corrected chi connectivity index (χ1v) is 8.65. The van der Waals surface area contributed by atoms with Crippen LogP contribution in [0.15, 0.2) is 54.9 Å². The first-order valence-electron chi connectivity index (χ1n) is 8.28. The van der Waals surface area contributed by atoms with Gasteiger partial charge in [-0.3, -0.25) is 4.79 Å². The van der Waals surface area contributed by atoms with Crippen molar-refractivity contribution < 1.29 is 9.53 Å². The van der Waals surface area contributed by atoms with Crippen LogP contribution in [-0.4, -0.2) is 22.1 Å². The van der Waals surface area contributed by atoms with Gasteiger partial charge in [0.15, 0.2) is 6.61 Å². The molecule has 0 spiro atoms. The number of rotatable bonds is 6. The number of benzene rings is 2. The lowest BCUT2D eigenvalue weighted by Crippen LogP contribution is -2.28. The molecule has 2 aromatic carbocycles. The van der Waals surface area contributed by atoms with Crippen molar-refractivity contribution in [3.8, 4) is 11.4 Å². The Morgan fingerprint density at radius 2 is 1.96 bits per heavy atom. The van der Waals surface area contributed by atoms with Crippen LogP contribution >= 0.6 is 11.6 Å². The van der Waals surface area contributed by atoms with Crippen LogP contribution in [0.2, 0.25) is 5.02 Å². The second-order valence-corrected chi connectivity index (χ2v) is 6.39. The second kappa shape index (κ2) is 8.06. The van der Waals surface area contributed by atoms with Gasteiger partial charge in [0.25, 0.3) is 5.91 Å². The van der Waals surface area contributed by atoms with Crippen molar-refractivity contribution in [3.05, 3.63) is 76.8 Å². The van der Waals surface area contributed by atoms with E-state index in [1.165, 1.54) is 0 Å². The molecular formula is C20H20ClN3O2. The van der Waals surface area contributed by atoms with Gasteiger partial charge in [0.05, 0.1) is 0 Å². The molecule has 0 atom stereocenters. The molecule has 1 N–H and O–H groups in total. The van der Waals surface area contributed by atoms with Crippen LogP contribution in [0, 0.1) is 13.8 Å². The summed E-state index contributed by atoms with van der Waals surface area (Å²) in [5, 5.41) is 3.53. The smallest absolute Gasteiger partial charge is 0.258 e. The second-order valence-electron chi connectivity index (χ2n) is 5.99. The molecule has 3 aromatic rings. The van der Waals surface area contributed by atoms with Crippen molar-refractivity contribution in [1.29, 1.82) is 0 Å². The Hall–Kier alpha value is -2.79. The van der Waals surface area contributed by atoms with Crippen molar-refractivity contribution in [2.24, 2.45) is 0 Å². The van der Waals surface area contributed by atoms with E-state index < -0.39 is 0 Å². The maximum atomic E-state index is 12.0. The Labute approximate surface area is 157 Å². The SMILES string of the molecule is Cc1cc(OCC(=O)NCc2ccc(-n3ccnc3C)cc2)ccc1Cl. The van der Waals surface area contributed by atoms with Gasteiger partial charge in [0, 0.05) is 29.6 Å². The molecule has 1 aromatic heterocycles. The number of aromatic nitrogens is 2. The third-order valence-corrected chi connectivity index (χ3v) is 4.45. The zero-order valence-electron chi connectivity index (χ0n) is 14.7. The minimum atomic E-state index is -0.174. The molecule has 0 radical (unpaired) electrons. The summed E-state index contributed by atoms with van der Waals surface area (Å²) in [4.78, 5) is 16.2. The number of aryl methyl sites for hydroxylation is 2. The topological polar surface area (TPSA) is 56.1 Å². The summed E-state index contributed by atoms with van der Waals surface area (Å²) in [6, 6.07) is 13.3. The molecular weight excluding hydrogens is 350 g/mol. The molecule has 0 unspecified atom stereocenters. The highest BCUT2D eigenvalue weighted by molar-refractivity contribution is 6.31. The van der Waals surface area contributed by atoms with Gasteiger partial charge < -0.3 is 14.6 Å². The van der Waals surface area contributed by atoms with E-state index in [-0.39, 0.29) is 12.5 Å². The lowest BCUT2D eigenvalue weighted by atomic mass is 10.2. The fourth-order valence-electron chi connectivity index (χ4n) is 2.53. The molecule has 0 saturated carbocycles. The van der Waals surface area contributed by atoms with E-state index in [1.54, 1.807) is 18.3 Å². The number of hydrogen-bond donors (Lipinski definition) is 1. The summed E-state index contributed by atoms with van der Waals surface area (Å²) < 4.78 is 7.50. The molecule has 1 amide bonds. The number of carbonyl (C=O) groups excluding carboxylic acids is 1. The van der Waals surface area contributed by atoms with Crippen LogP contribution in [0.25, 0.3) is 5.69 Å². The van der Waals surface area contributed by atoms with Crippen molar-refractivity contribution >= 4 is 17.5 Å². The summed E-state index contributed by atoms with van der Waals surface area (Å²) in [7, 11) is 0. The first-order chi connectivity index (χ1) is 12.5. The lowest BCUT2D eigenvalue weighted by Gasteiger charge is -2.10. The predicted molar refractivity (Wildman–Crippen MR) is 102 cm³/mol. The minimum Gasteiger partial charge on any atom is -0.484 e. The Kier molecular flexibility index (Phi) is 5.58. The standard InChI is InChI=1S/C20H20ClN3O2/c1-14-11-18(7-8-19(14)21)26-13-20(25)23-12-16-3-5-17(6-4-16)24-10-9-22-15(24)2/h3-11H,12-13H2,1-2H3,(H,23,25). The Morgan fingerprint density at radius 1 is 1.19 bits per heavy atom. The zero-order chi connectivity index (χ0) is 18.5. The van der Waals surface area contributed by atoms with Crippen LogP contribution in [0.5, 0.6) is 5.75 Å². The van der Waals surface area contributed by atoms with Crippen molar-refractivity contribution in [3.63, 3.8) is 0 Å². The molecule has 26 heavy (non-hydrogen) atoms. The zero-order valence-corrected chi connectivity index (χ0v) is 15.5. The summed E-state index contributed by atoms with van der Waals surface area (Å²) >= 11 is 5.97. The highest BCUT2D eigenvalue weighted by atomic mass is 35.5. The Bertz CT molecular complexity index is 904. The number of nitrogens with one attached hydrogen (secondary N) is 1. The third-order valence-electron chi connectivity index (χ3n) is 4.03. The number of nitrogens with zero attached hydrogens (tertiary/aromatic N) is 2. The number of amides is 1. The van der Waals surface area contributed by atoms with Crippen molar-refractivity contribution in [2.45, 2.75) is 20.4 Å². The van der Waals surface area contributed by atoms with E-state index in [2.05, 4.69) is 10.3 Å². The quantitative estimate of drug-likeness (QED) is 0.718. The number of halogens is 1. The van der Waals surface area contributed by atoms with E-state index in [0.717, 1.165) is 22.6 Å². The van der Waals surface area contributed by atoms with Gasteiger partial charge in [-0.2, -0.15) is 0 Å². The molecule has 0 aliphatic heterocycles. The summed E-state index contributed by atoms with van der Waals surface area (Å²) in [6.45, 7) is 4.26. The predicted octanol–water partition coefficient (Wildman–Crippen LogP) is 3.84. The van der Waals surface area contributed by atoms with E-state index in [1.807, 2.05) is 54.9 Å². The Balaban J connectivity index is 1.49. The maximum Gasteiger partial charge on any atom is 0.258 e. The van der Waals surface area contributed by atoms with Gasteiger partial charge >= 0.3 is 0 Å². The average Bonchev–Trinajstić information content (AvgIpc) is 3.07. The highest BCUT2D eigenvalue weighted by Gasteiger charge is 2.05. The molecule has 0 aliphatic rings. The average molecular weight is 370 g/mol. The van der Waals surface area contributed by atoms with Crippen molar-refractivity contribution in [1.82, 2.24) is 14.9 Å². The van der Waals surface area contributed by atoms with Crippen LogP contribution in [0.1, 0.15) is 17.0 Å². The summed E-state index contributed by atoms with van der Waals surface area (Å²) in [6.07, 6.45) is 3.69. The number of hydrogen-bond acceptors (Lipinski definition) is 3. The van der Waals surface area contributed by atoms with Crippen LogP contribution < -0.4 is 10.1 Å². The van der Waals surface area contributed by atoms with Gasteiger partial charge in [-0.25, -0.2) is 4.98 Å². The monoisotopic (exact) mass is 369 g/mol. The molecule has 3 rings (SSSR count). The van der Waals surface area contributed by atoms with E-state index in [0.29, 0.717) is 17.3 Å². The largest absolute Gasteiger partial charge is 0.484 e. The molecule has 1 heterocycles. The van der Waals surface area contributed by atoms with Gasteiger partial charge in [0.2, 0.25) is 0 Å². The molecule has 134 valence electrons. The number of ether oxygens (including phenoxy) is 1.